The fraction of sp³-hybridized carbons (Fsp3) is 0.875. The van der Waals surface area contributed by atoms with Crippen molar-refractivity contribution >= 4 is 11.9 Å². The molecule has 7 nitrogen and oxygen atoms in total. The molecule has 0 aliphatic carbocycles. The topological polar surface area (TPSA) is 78.0 Å². The lowest BCUT2D eigenvalue weighted by molar-refractivity contribution is -0.121. The average molecular weight is 327 g/mol. The van der Waals surface area contributed by atoms with Crippen molar-refractivity contribution in [1.82, 2.24) is 20.9 Å². The number of amides is 1. The number of morpholine rings is 1. The number of nitrogens with zero attached hydrogens (tertiary/aromatic N) is 2. The van der Waals surface area contributed by atoms with E-state index in [0.717, 1.165) is 52.2 Å². The lowest BCUT2D eigenvalue weighted by Crippen LogP contribution is -2.48. The van der Waals surface area contributed by atoms with Gasteiger partial charge in [0.05, 0.1) is 19.8 Å². The van der Waals surface area contributed by atoms with E-state index in [1.165, 1.54) is 0 Å². The first-order valence-corrected chi connectivity index (χ1v) is 8.46. The Morgan fingerprint density at radius 3 is 2.48 bits per heavy atom. The lowest BCUT2D eigenvalue weighted by atomic mass is 10.1. The highest BCUT2D eigenvalue weighted by atomic mass is 16.5. The van der Waals surface area contributed by atoms with E-state index in [-0.39, 0.29) is 18.0 Å². The largest absolute Gasteiger partial charge is 0.379 e. The summed E-state index contributed by atoms with van der Waals surface area (Å²) in [6.45, 7) is 11.9. The first-order chi connectivity index (χ1) is 10.9. The number of unbranched alkanes of at least 4 members (excludes halogenated alkanes) is 1. The highest BCUT2D eigenvalue weighted by molar-refractivity contribution is 5.86. The average Bonchev–Trinajstić information content (AvgIpc) is 2.49. The predicted molar refractivity (Wildman–Crippen MR) is 93.8 cm³/mol. The molecule has 0 unspecified atom stereocenters. The Balaban J connectivity index is 2.08. The number of carbonyl (C=O) groups is 1. The molecule has 1 aliphatic heterocycles. The van der Waals surface area contributed by atoms with E-state index in [9.17, 15) is 4.79 Å². The van der Waals surface area contributed by atoms with Gasteiger partial charge < -0.3 is 20.7 Å². The molecule has 0 spiro atoms. The van der Waals surface area contributed by atoms with Crippen LogP contribution in [0.3, 0.4) is 0 Å². The predicted octanol–water partition coefficient (Wildman–Crippen LogP) is 0.179. The Morgan fingerprint density at radius 1 is 1.17 bits per heavy atom. The second kappa shape index (κ2) is 10.4. The Morgan fingerprint density at radius 2 is 1.87 bits per heavy atom. The first kappa shape index (κ1) is 19.7. The Labute approximate surface area is 140 Å². The summed E-state index contributed by atoms with van der Waals surface area (Å²) in [6.07, 6.45) is 2.22. The van der Waals surface area contributed by atoms with Gasteiger partial charge >= 0.3 is 0 Å². The molecule has 0 aromatic carbocycles. The first-order valence-electron chi connectivity index (χ1n) is 8.46. The molecule has 3 N–H and O–H groups in total. The quantitative estimate of drug-likeness (QED) is 0.353. The van der Waals surface area contributed by atoms with Crippen molar-refractivity contribution in [2.75, 3.05) is 53.0 Å². The van der Waals surface area contributed by atoms with Crippen molar-refractivity contribution in [1.29, 1.82) is 0 Å². The molecule has 0 aromatic rings. The number of ether oxygens (including phenoxy) is 1. The van der Waals surface area contributed by atoms with Crippen LogP contribution in [-0.4, -0.2) is 75.3 Å². The third-order valence-electron chi connectivity index (χ3n) is 3.45. The Bertz CT molecular complexity index is 373. The summed E-state index contributed by atoms with van der Waals surface area (Å²) in [6, 6.07) is 0. The van der Waals surface area contributed by atoms with Gasteiger partial charge in [0.15, 0.2) is 5.96 Å². The van der Waals surface area contributed by atoms with Crippen LogP contribution < -0.4 is 16.0 Å². The zero-order valence-corrected chi connectivity index (χ0v) is 15.1. The maximum Gasteiger partial charge on any atom is 0.239 e. The van der Waals surface area contributed by atoms with Gasteiger partial charge in [-0.05, 0) is 40.2 Å². The smallest absolute Gasteiger partial charge is 0.239 e. The van der Waals surface area contributed by atoms with E-state index in [2.05, 4.69) is 25.8 Å². The fourth-order valence-corrected chi connectivity index (χ4v) is 2.34. The normalized spacial score (nSPS) is 17.0. The molecule has 0 bridgehead atoms. The van der Waals surface area contributed by atoms with Crippen LogP contribution in [0.15, 0.2) is 4.99 Å². The summed E-state index contributed by atoms with van der Waals surface area (Å²) in [5, 5.41) is 9.18. The molecule has 134 valence electrons. The van der Waals surface area contributed by atoms with Crippen molar-refractivity contribution in [3.8, 4) is 0 Å². The maximum atomic E-state index is 11.8. The summed E-state index contributed by atoms with van der Waals surface area (Å²) < 4.78 is 5.34. The van der Waals surface area contributed by atoms with Gasteiger partial charge in [0, 0.05) is 32.2 Å². The number of hydrogen-bond acceptors (Lipinski definition) is 4. The molecule has 1 aliphatic rings. The van der Waals surface area contributed by atoms with Gasteiger partial charge in [-0.15, -0.1) is 0 Å². The van der Waals surface area contributed by atoms with Crippen LogP contribution in [-0.2, 0) is 9.53 Å². The van der Waals surface area contributed by atoms with Crippen LogP contribution in [0.1, 0.15) is 33.6 Å². The summed E-state index contributed by atoms with van der Waals surface area (Å²) in [5.74, 6) is 0.633. The van der Waals surface area contributed by atoms with Gasteiger partial charge in [0.2, 0.25) is 5.91 Å². The molecule has 0 atom stereocenters. The maximum absolute atomic E-state index is 11.8. The summed E-state index contributed by atoms with van der Waals surface area (Å²) in [4.78, 5) is 18.3. The van der Waals surface area contributed by atoms with Crippen LogP contribution in [0.4, 0.5) is 0 Å². The van der Waals surface area contributed by atoms with Crippen molar-refractivity contribution in [2.24, 2.45) is 4.99 Å². The highest BCUT2D eigenvalue weighted by Crippen LogP contribution is 1.99. The van der Waals surface area contributed by atoms with E-state index >= 15 is 0 Å². The van der Waals surface area contributed by atoms with Crippen LogP contribution in [0.25, 0.3) is 0 Å². The molecule has 7 heteroatoms. The van der Waals surface area contributed by atoms with E-state index in [1.54, 1.807) is 7.05 Å². The molecule has 0 radical (unpaired) electrons. The number of hydrogen-bond donors (Lipinski definition) is 3. The molecule has 0 saturated carbocycles. The molecule has 1 rings (SSSR count). The van der Waals surface area contributed by atoms with Crippen LogP contribution >= 0.6 is 0 Å². The minimum absolute atomic E-state index is 0.0345. The summed E-state index contributed by atoms with van der Waals surface area (Å²) in [5.41, 5.74) is -0.213. The standard InChI is InChI=1S/C16H33N5O2/c1-16(2,3)20-14(22)13-19-15(17-4)18-7-5-6-8-21-9-11-23-12-10-21/h5-13H2,1-4H3,(H,20,22)(H2,17,18,19). The van der Waals surface area contributed by atoms with Crippen molar-refractivity contribution in [3.05, 3.63) is 0 Å². The van der Waals surface area contributed by atoms with Gasteiger partial charge in [-0.1, -0.05) is 0 Å². The number of nitrogens with one attached hydrogen (secondary N) is 3. The van der Waals surface area contributed by atoms with Crippen LogP contribution in [0.5, 0.6) is 0 Å². The minimum Gasteiger partial charge on any atom is -0.379 e. The minimum atomic E-state index is -0.213. The van der Waals surface area contributed by atoms with Crippen molar-refractivity contribution < 1.29 is 9.53 Å². The van der Waals surface area contributed by atoms with Gasteiger partial charge in [-0.2, -0.15) is 0 Å². The summed E-state index contributed by atoms with van der Waals surface area (Å²) in [7, 11) is 1.71. The Kier molecular flexibility index (Phi) is 8.94. The van der Waals surface area contributed by atoms with Crippen LogP contribution in [0.2, 0.25) is 0 Å². The number of carbonyl (C=O) groups excluding carboxylic acids is 1. The number of aliphatic imine (C=N–C) groups is 1. The molecule has 0 aromatic heterocycles. The van der Waals surface area contributed by atoms with E-state index in [4.69, 9.17) is 4.74 Å². The second-order valence-corrected chi connectivity index (χ2v) is 6.81. The molecular weight excluding hydrogens is 294 g/mol. The lowest BCUT2D eigenvalue weighted by Gasteiger charge is -2.26. The highest BCUT2D eigenvalue weighted by Gasteiger charge is 2.13. The van der Waals surface area contributed by atoms with Gasteiger partial charge in [-0.3, -0.25) is 14.7 Å². The molecule has 1 amide bonds. The van der Waals surface area contributed by atoms with Crippen LogP contribution in [0, 0.1) is 0 Å². The van der Waals surface area contributed by atoms with E-state index in [0.29, 0.717) is 5.96 Å². The molecule has 1 heterocycles. The molecular formula is C16H33N5O2. The van der Waals surface area contributed by atoms with Gasteiger partial charge in [-0.25, -0.2) is 0 Å². The zero-order chi connectivity index (χ0) is 17.1. The van der Waals surface area contributed by atoms with Crippen molar-refractivity contribution in [3.63, 3.8) is 0 Å². The SMILES string of the molecule is CN=C(NCCCCN1CCOCC1)NCC(=O)NC(C)(C)C. The molecule has 1 saturated heterocycles. The third kappa shape index (κ3) is 10.1. The summed E-state index contributed by atoms with van der Waals surface area (Å²) >= 11 is 0. The van der Waals surface area contributed by atoms with Gasteiger partial charge in [0.25, 0.3) is 0 Å². The van der Waals surface area contributed by atoms with E-state index < -0.39 is 0 Å². The zero-order valence-electron chi connectivity index (χ0n) is 15.1. The molecule has 1 fully saturated rings. The van der Waals surface area contributed by atoms with E-state index in [1.807, 2.05) is 20.8 Å². The van der Waals surface area contributed by atoms with Crippen molar-refractivity contribution in [2.45, 2.75) is 39.2 Å². The monoisotopic (exact) mass is 327 g/mol. The second-order valence-electron chi connectivity index (χ2n) is 6.81. The Hall–Kier alpha value is -1.34. The third-order valence-corrected chi connectivity index (χ3v) is 3.45. The number of rotatable bonds is 7. The number of guanidine groups is 1. The molecule has 23 heavy (non-hydrogen) atoms. The fourth-order valence-electron chi connectivity index (χ4n) is 2.34. The van der Waals surface area contributed by atoms with Gasteiger partial charge in [0.1, 0.15) is 0 Å².